The molecular formula is C30H33F5N2O3. The molecule has 1 aliphatic carbocycles. The fourth-order valence-corrected chi connectivity index (χ4v) is 6.91. The summed E-state index contributed by atoms with van der Waals surface area (Å²) in [6.07, 6.45) is -4.34. The minimum atomic E-state index is -5.09. The lowest BCUT2D eigenvalue weighted by molar-refractivity contribution is -0.228. The average Bonchev–Trinajstić information content (AvgIpc) is 3.27. The van der Waals surface area contributed by atoms with E-state index < -0.39 is 52.3 Å². The molecule has 3 atom stereocenters. The zero-order valence-corrected chi connectivity index (χ0v) is 22.5. The quantitative estimate of drug-likeness (QED) is 0.457. The standard InChI is InChI=1S/C30H33F5N2O3/c1-27(31,30(33,34)35)21-8-9-22-23(16-21)36(2)18-24-28(22,17-19-6-4-3-5-7-19)14-15-37(24)26(40)29(32)12-10-20(11-13-29)25(38)39/h3-9,16,20,24H,10-15,17-18H2,1-2H3,(H,38,39). The molecule has 2 aromatic carbocycles. The molecule has 1 amide bonds. The fourth-order valence-electron chi connectivity index (χ4n) is 6.91. The number of amides is 1. The molecule has 10 heteroatoms. The second-order valence-electron chi connectivity index (χ2n) is 11.8. The highest BCUT2D eigenvalue weighted by Gasteiger charge is 2.58. The molecule has 2 fully saturated rings. The molecule has 3 unspecified atom stereocenters. The third kappa shape index (κ3) is 4.53. The van der Waals surface area contributed by atoms with Crippen molar-refractivity contribution < 1.29 is 36.6 Å². The Hall–Kier alpha value is -3.17. The van der Waals surface area contributed by atoms with Gasteiger partial charge >= 0.3 is 12.1 Å². The smallest absolute Gasteiger partial charge is 0.426 e. The number of aliphatic carboxylic acids is 1. The van der Waals surface area contributed by atoms with Crippen molar-refractivity contribution in [3.05, 3.63) is 65.2 Å². The molecule has 2 aliphatic heterocycles. The van der Waals surface area contributed by atoms with Crippen LogP contribution in [0, 0.1) is 5.92 Å². The number of carboxylic acids is 1. The molecule has 2 aromatic rings. The topological polar surface area (TPSA) is 60.9 Å². The molecule has 1 saturated heterocycles. The van der Waals surface area contributed by atoms with Crippen LogP contribution in [0.15, 0.2) is 48.5 Å². The van der Waals surface area contributed by atoms with Gasteiger partial charge in [0.05, 0.1) is 12.0 Å². The van der Waals surface area contributed by atoms with Crippen LogP contribution in [0.25, 0.3) is 0 Å². The van der Waals surface area contributed by atoms with Crippen molar-refractivity contribution >= 4 is 17.6 Å². The molecule has 1 saturated carbocycles. The van der Waals surface area contributed by atoms with Gasteiger partial charge in [0.2, 0.25) is 5.67 Å². The summed E-state index contributed by atoms with van der Waals surface area (Å²) in [6.45, 7) is 0.997. The van der Waals surface area contributed by atoms with E-state index in [4.69, 9.17) is 0 Å². The van der Waals surface area contributed by atoms with Gasteiger partial charge in [0, 0.05) is 36.8 Å². The number of anilines is 1. The maximum Gasteiger partial charge on any atom is 0.426 e. The maximum atomic E-state index is 16.1. The van der Waals surface area contributed by atoms with Gasteiger partial charge in [-0.15, -0.1) is 0 Å². The molecule has 0 aromatic heterocycles. The first-order chi connectivity index (χ1) is 18.7. The predicted molar refractivity (Wildman–Crippen MR) is 140 cm³/mol. The first kappa shape index (κ1) is 28.4. The number of likely N-dealkylation sites (tertiary alicyclic amines) is 1. The highest BCUT2D eigenvalue weighted by atomic mass is 19.4. The van der Waals surface area contributed by atoms with Crippen molar-refractivity contribution in [2.75, 3.05) is 25.0 Å². The Bertz CT molecular complexity index is 1290. The van der Waals surface area contributed by atoms with Crippen LogP contribution >= 0.6 is 0 Å². The van der Waals surface area contributed by atoms with Crippen LogP contribution in [-0.2, 0) is 27.1 Å². The summed E-state index contributed by atoms with van der Waals surface area (Å²) in [5, 5.41) is 9.31. The van der Waals surface area contributed by atoms with E-state index >= 15 is 4.39 Å². The Kier molecular flexibility index (Phi) is 6.90. The van der Waals surface area contributed by atoms with Crippen LogP contribution in [0.2, 0.25) is 0 Å². The maximum absolute atomic E-state index is 16.1. The minimum absolute atomic E-state index is 0.0813. The number of alkyl halides is 5. The van der Waals surface area contributed by atoms with Gasteiger partial charge in [0.15, 0.2) is 5.67 Å². The number of nitrogens with zero attached hydrogens (tertiary/aromatic N) is 2. The Morgan fingerprint density at radius 3 is 2.27 bits per heavy atom. The highest BCUT2D eigenvalue weighted by molar-refractivity contribution is 5.87. The third-order valence-electron chi connectivity index (χ3n) is 9.41. The molecule has 1 N–H and O–H groups in total. The molecule has 0 bridgehead atoms. The van der Waals surface area contributed by atoms with E-state index in [2.05, 4.69) is 0 Å². The third-order valence-corrected chi connectivity index (χ3v) is 9.41. The Labute approximate surface area is 230 Å². The highest BCUT2D eigenvalue weighted by Crippen LogP contribution is 2.53. The summed E-state index contributed by atoms with van der Waals surface area (Å²) in [7, 11) is 1.68. The molecule has 0 radical (unpaired) electrons. The Morgan fingerprint density at radius 2 is 1.68 bits per heavy atom. The Balaban J connectivity index is 1.55. The lowest BCUT2D eigenvalue weighted by Gasteiger charge is -2.48. The zero-order chi connectivity index (χ0) is 29.1. The number of halogens is 5. The van der Waals surface area contributed by atoms with Crippen molar-refractivity contribution in [2.45, 2.75) is 74.4 Å². The van der Waals surface area contributed by atoms with E-state index in [9.17, 15) is 32.3 Å². The van der Waals surface area contributed by atoms with E-state index in [1.165, 1.54) is 18.2 Å². The van der Waals surface area contributed by atoms with E-state index in [1.807, 2.05) is 30.3 Å². The molecule has 3 aliphatic rings. The molecule has 0 spiro atoms. The summed E-state index contributed by atoms with van der Waals surface area (Å²) in [5.74, 6) is -2.32. The molecule has 2 heterocycles. The zero-order valence-electron chi connectivity index (χ0n) is 22.5. The molecule has 40 heavy (non-hydrogen) atoms. The first-order valence-corrected chi connectivity index (χ1v) is 13.6. The van der Waals surface area contributed by atoms with Crippen molar-refractivity contribution in [1.82, 2.24) is 4.90 Å². The first-order valence-electron chi connectivity index (χ1n) is 13.6. The van der Waals surface area contributed by atoms with Crippen LogP contribution in [0.1, 0.15) is 55.7 Å². The van der Waals surface area contributed by atoms with Crippen molar-refractivity contribution in [3.8, 4) is 0 Å². The van der Waals surface area contributed by atoms with Gasteiger partial charge in [-0.25, -0.2) is 8.78 Å². The molecule has 5 rings (SSSR count). The van der Waals surface area contributed by atoms with Gasteiger partial charge in [-0.05, 0) is 62.6 Å². The van der Waals surface area contributed by atoms with Gasteiger partial charge < -0.3 is 14.9 Å². The van der Waals surface area contributed by atoms with Gasteiger partial charge in [0.1, 0.15) is 0 Å². The van der Waals surface area contributed by atoms with Gasteiger partial charge in [-0.1, -0.05) is 42.5 Å². The summed E-state index contributed by atoms with van der Waals surface area (Å²) >= 11 is 0. The van der Waals surface area contributed by atoms with Crippen molar-refractivity contribution in [3.63, 3.8) is 0 Å². The largest absolute Gasteiger partial charge is 0.481 e. The normalized spacial score (nSPS) is 29.9. The van der Waals surface area contributed by atoms with E-state index in [1.54, 1.807) is 16.8 Å². The average molecular weight is 565 g/mol. The number of carbonyl (C=O) groups is 2. The second kappa shape index (κ2) is 9.73. The van der Waals surface area contributed by atoms with Crippen LogP contribution < -0.4 is 4.90 Å². The number of benzene rings is 2. The number of hydrogen-bond acceptors (Lipinski definition) is 3. The molecule has 5 nitrogen and oxygen atoms in total. The summed E-state index contributed by atoms with van der Waals surface area (Å²) in [4.78, 5) is 28.4. The lowest BCUT2D eigenvalue weighted by atomic mass is 9.66. The molecular weight excluding hydrogens is 531 g/mol. The number of hydrogen-bond donors (Lipinski definition) is 1. The van der Waals surface area contributed by atoms with Crippen LogP contribution in [0.5, 0.6) is 0 Å². The predicted octanol–water partition coefficient (Wildman–Crippen LogP) is 5.95. The van der Waals surface area contributed by atoms with Gasteiger partial charge in [-0.2, -0.15) is 13.2 Å². The SMILES string of the molecule is CN1CC2N(C(=O)C3(F)CCC(C(=O)O)CC3)CCC2(Cc2ccccc2)c2ccc(C(C)(F)C(F)(F)F)cc21. The number of fused-ring (bicyclic) bond motifs is 3. The summed E-state index contributed by atoms with van der Waals surface area (Å²) < 4.78 is 71.7. The number of rotatable bonds is 5. The van der Waals surface area contributed by atoms with E-state index in [-0.39, 0.29) is 38.8 Å². The van der Waals surface area contributed by atoms with Crippen LogP contribution in [0.3, 0.4) is 0 Å². The lowest BCUT2D eigenvalue weighted by Crippen LogP contribution is -2.59. The Morgan fingerprint density at radius 1 is 1.02 bits per heavy atom. The second-order valence-corrected chi connectivity index (χ2v) is 11.8. The van der Waals surface area contributed by atoms with Crippen LogP contribution in [-0.4, -0.2) is 59.9 Å². The monoisotopic (exact) mass is 564 g/mol. The van der Waals surface area contributed by atoms with Gasteiger partial charge in [0.25, 0.3) is 5.91 Å². The van der Waals surface area contributed by atoms with Crippen LogP contribution in [0.4, 0.5) is 27.6 Å². The summed E-state index contributed by atoms with van der Waals surface area (Å²) in [5.41, 5.74) is -4.80. The minimum Gasteiger partial charge on any atom is -0.481 e. The number of carboxylic acid groups (broad SMARTS) is 1. The number of likely N-dealkylation sites (N-methyl/N-ethyl adjacent to an activating group) is 1. The summed E-state index contributed by atoms with van der Waals surface area (Å²) in [6, 6.07) is 13.0. The van der Waals surface area contributed by atoms with E-state index in [0.717, 1.165) is 5.56 Å². The van der Waals surface area contributed by atoms with Crippen molar-refractivity contribution in [2.24, 2.45) is 5.92 Å². The molecule has 216 valence electrons. The fraction of sp³-hybridized carbons (Fsp3) is 0.533. The number of carbonyl (C=O) groups excluding carboxylic acids is 1. The van der Waals surface area contributed by atoms with E-state index in [0.29, 0.717) is 31.0 Å². The van der Waals surface area contributed by atoms with Gasteiger partial charge in [-0.3, -0.25) is 9.59 Å². The van der Waals surface area contributed by atoms with Crippen molar-refractivity contribution in [1.29, 1.82) is 0 Å².